The predicted molar refractivity (Wildman–Crippen MR) is 102 cm³/mol. The molecule has 0 spiro atoms. The number of benzene rings is 1. The first kappa shape index (κ1) is 18.5. The highest BCUT2D eigenvalue weighted by Gasteiger charge is 2.19. The number of rotatable bonds is 7. The lowest BCUT2D eigenvalue weighted by Gasteiger charge is -2.23. The van der Waals surface area contributed by atoms with Crippen LogP contribution in [0.1, 0.15) is 41.4 Å². The Morgan fingerprint density at radius 3 is 2.85 bits per heavy atom. The second-order valence-electron chi connectivity index (χ2n) is 6.86. The van der Waals surface area contributed by atoms with E-state index in [1.54, 1.807) is 12.0 Å². The molecule has 2 heterocycles. The summed E-state index contributed by atoms with van der Waals surface area (Å²) in [7, 11) is 3.51. The van der Waals surface area contributed by atoms with Crippen molar-refractivity contribution in [1.29, 1.82) is 0 Å². The first-order valence-electron chi connectivity index (χ1n) is 9.31. The van der Waals surface area contributed by atoms with E-state index in [2.05, 4.69) is 22.5 Å². The fourth-order valence-corrected chi connectivity index (χ4v) is 3.32. The molecule has 6 heteroatoms. The van der Waals surface area contributed by atoms with E-state index in [0.29, 0.717) is 18.3 Å². The summed E-state index contributed by atoms with van der Waals surface area (Å²) in [5.41, 5.74) is 1.78. The van der Waals surface area contributed by atoms with Crippen molar-refractivity contribution in [1.82, 2.24) is 20.0 Å². The summed E-state index contributed by atoms with van der Waals surface area (Å²) in [4.78, 5) is 14.3. The Labute approximate surface area is 155 Å². The van der Waals surface area contributed by atoms with Crippen LogP contribution in [-0.4, -0.2) is 54.4 Å². The topological polar surface area (TPSA) is 59.4 Å². The third-order valence-corrected chi connectivity index (χ3v) is 4.94. The molecular weight excluding hydrogens is 328 g/mol. The SMILES string of the molecule is COc1ccc(CCCN(C)C(=O)c2ccn(C3CCCNC3)n2)cc1. The third kappa shape index (κ3) is 4.64. The van der Waals surface area contributed by atoms with E-state index >= 15 is 0 Å². The van der Waals surface area contributed by atoms with Crippen LogP contribution in [0.25, 0.3) is 0 Å². The van der Waals surface area contributed by atoms with Crippen molar-refractivity contribution in [3.63, 3.8) is 0 Å². The molecule has 1 unspecified atom stereocenters. The largest absolute Gasteiger partial charge is 0.497 e. The zero-order valence-corrected chi connectivity index (χ0v) is 15.6. The molecular formula is C20H28N4O2. The van der Waals surface area contributed by atoms with Gasteiger partial charge in [0, 0.05) is 26.3 Å². The van der Waals surface area contributed by atoms with Gasteiger partial charge in [-0.1, -0.05) is 12.1 Å². The van der Waals surface area contributed by atoms with Crippen LogP contribution in [0.4, 0.5) is 0 Å². The second-order valence-corrected chi connectivity index (χ2v) is 6.86. The van der Waals surface area contributed by atoms with Gasteiger partial charge >= 0.3 is 0 Å². The Bertz CT molecular complexity index is 705. The number of carbonyl (C=O) groups excluding carboxylic acids is 1. The molecule has 0 saturated carbocycles. The number of carbonyl (C=O) groups is 1. The van der Waals surface area contributed by atoms with E-state index in [0.717, 1.165) is 44.5 Å². The van der Waals surface area contributed by atoms with E-state index in [1.807, 2.05) is 36.1 Å². The number of hydrogen-bond acceptors (Lipinski definition) is 4. The highest BCUT2D eigenvalue weighted by atomic mass is 16.5. The van der Waals surface area contributed by atoms with Gasteiger partial charge in [-0.25, -0.2) is 0 Å². The molecule has 1 aromatic heterocycles. The number of aromatic nitrogens is 2. The van der Waals surface area contributed by atoms with Gasteiger partial charge < -0.3 is 15.0 Å². The summed E-state index contributed by atoms with van der Waals surface area (Å²) in [6, 6.07) is 10.3. The van der Waals surface area contributed by atoms with Gasteiger partial charge in [0.05, 0.1) is 13.2 Å². The second kappa shape index (κ2) is 8.85. The van der Waals surface area contributed by atoms with E-state index in [-0.39, 0.29) is 5.91 Å². The fourth-order valence-electron chi connectivity index (χ4n) is 3.32. The number of hydrogen-bond donors (Lipinski definition) is 1. The van der Waals surface area contributed by atoms with Crippen LogP contribution < -0.4 is 10.1 Å². The Balaban J connectivity index is 1.48. The van der Waals surface area contributed by atoms with Crippen molar-refractivity contribution in [3.8, 4) is 5.75 Å². The first-order valence-corrected chi connectivity index (χ1v) is 9.31. The Hall–Kier alpha value is -2.34. The number of ether oxygens (including phenoxy) is 1. The number of nitrogens with zero attached hydrogens (tertiary/aromatic N) is 3. The highest BCUT2D eigenvalue weighted by Crippen LogP contribution is 2.16. The maximum atomic E-state index is 12.6. The number of amides is 1. The average Bonchev–Trinajstić information content (AvgIpc) is 3.18. The molecule has 1 aromatic carbocycles. The van der Waals surface area contributed by atoms with Crippen molar-refractivity contribution in [2.24, 2.45) is 0 Å². The summed E-state index contributed by atoms with van der Waals surface area (Å²) < 4.78 is 7.11. The summed E-state index contributed by atoms with van der Waals surface area (Å²) in [5, 5.41) is 7.89. The van der Waals surface area contributed by atoms with Crippen LogP contribution in [0.15, 0.2) is 36.5 Å². The van der Waals surface area contributed by atoms with Crippen molar-refractivity contribution >= 4 is 5.91 Å². The van der Waals surface area contributed by atoms with Crippen LogP contribution in [0.3, 0.4) is 0 Å². The van der Waals surface area contributed by atoms with Crippen molar-refractivity contribution in [2.75, 3.05) is 33.8 Å². The molecule has 2 aromatic rings. The van der Waals surface area contributed by atoms with Gasteiger partial charge in [0.1, 0.15) is 11.4 Å². The summed E-state index contributed by atoms with van der Waals surface area (Å²) in [5.74, 6) is 0.854. The third-order valence-electron chi connectivity index (χ3n) is 4.94. The molecule has 1 aliphatic heterocycles. The van der Waals surface area contributed by atoms with Crippen LogP contribution >= 0.6 is 0 Å². The minimum absolute atomic E-state index is 0.0118. The van der Waals surface area contributed by atoms with E-state index < -0.39 is 0 Å². The van der Waals surface area contributed by atoms with E-state index in [9.17, 15) is 4.79 Å². The lowest BCUT2D eigenvalue weighted by atomic mass is 10.1. The van der Waals surface area contributed by atoms with Gasteiger partial charge in [0.2, 0.25) is 0 Å². The molecule has 1 atom stereocenters. The minimum Gasteiger partial charge on any atom is -0.497 e. The lowest BCUT2D eigenvalue weighted by molar-refractivity contribution is 0.0786. The summed E-state index contributed by atoms with van der Waals surface area (Å²) >= 11 is 0. The Morgan fingerprint density at radius 1 is 1.35 bits per heavy atom. The van der Waals surface area contributed by atoms with Crippen LogP contribution in [0, 0.1) is 0 Å². The molecule has 26 heavy (non-hydrogen) atoms. The molecule has 6 nitrogen and oxygen atoms in total. The monoisotopic (exact) mass is 356 g/mol. The molecule has 0 bridgehead atoms. The molecule has 1 saturated heterocycles. The van der Waals surface area contributed by atoms with Crippen LogP contribution in [0.5, 0.6) is 5.75 Å². The van der Waals surface area contributed by atoms with Crippen LogP contribution in [0.2, 0.25) is 0 Å². The molecule has 0 radical (unpaired) electrons. The van der Waals surface area contributed by atoms with E-state index in [1.165, 1.54) is 5.56 Å². The number of piperidine rings is 1. The highest BCUT2D eigenvalue weighted by molar-refractivity contribution is 5.91. The van der Waals surface area contributed by atoms with E-state index in [4.69, 9.17) is 4.74 Å². The predicted octanol–water partition coefficient (Wildman–Crippen LogP) is 2.52. The summed E-state index contributed by atoms with van der Waals surface area (Å²) in [6.07, 6.45) is 6.04. The standard InChI is InChI=1S/C20H28N4O2/c1-23(13-4-5-16-7-9-18(26-2)10-8-16)20(25)19-11-14-24(22-19)17-6-3-12-21-15-17/h7-11,14,17,21H,3-6,12-13,15H2,1-2H3. The zero-order chi connectivity index (χ0) is 18.4. The molecule has 1 aliphatic rings. The van der Waals surface area contributed by atoms with Gasteiger partial charge in [0.25, 0.3) is 5.91 Å². The maximum absolute atomic E-state index is 12.6. The molecule has 0 aliphatic carbocycles. The maximum Gasteiger partial charge on any atom is 0.274 e. The van der Waals surface area contributed by atoms with Gasteiger partial charge in [0.15, 0.2) is 0 Å². The Kier molecular flexibility index (Phi) is 6.28. The normalized spacial score (nSPS) is 17.1. The first-order chi connectivity index (χ1) is 12.7. The summed E-state index contributed by atoms with van der Waals surface area (Å²) in [6.45, 7) is 2.70. The lowest BCUT2D eigenvalue weighted by Crippen LogP contribution is -2.32. The van der Waals surface area contributed by atoms with Gasteiger partial charge in [-0.2, -0.15) is 5.10 Å². The van der Waals surface area contributed by atoms with Crippen molar-refractivity contribution in [3.05, 3.63) is 47.8 Å². The van der Waals surface area contributed by atoms with Crippen molar-refractivity contribution < 1.29 is 9.53 Å². The minimum atomic E-state index is -0.0118. The number of nitrogens with one attached hydrogen (secondary N) is 1. The average molecular weight is 356 g/mol. The number of methoxy groups -OCH3 is 1. The van der Waals surface area contributed by atoms with Gasteiger partial charge in [-0.15, -0.1) is 0 Å². The van der Waals surface area contributed by atoms with Gasteiger partial charge in [-0.3, -0.25) is 9.48 Å². The quantitative estimate of drug-likeness (QED) is 0.828. The van der Waals surface area contributed by atoms with Gasteiger partial charge in [-0.05, 0) is 56.0 Å². The fraction of sp³-hybridized carbons (Fsp3) is 0.500. The molecule has 140 valence electrons. The van der Waals surface area contributed by atoms with Crippen molar-refractivity contribution in [2.45, 2.75) is 31.7 Å². The molecule has 1 fully saturated rings. The number of aryl methyl sites for hydroxylation is 1. The molecule has 3 rings (SSSR count). The van der Waals surface area contributed by atoms with Crippen LogP contribution in [-0.2, 0) is 6.42 Å². The molecule has 1 amide bonds. The Morgan fingerprint density at radius 2 is 2.15 bits per heavy atom. The molecule has 1 N–H and O–H groups in total. The smallest absolute Gasteiger partial charge is 0.274 e. The zero-order valence-electron chi connectivity index (χ0n) is 15.6.